The van der Waals surface area contributed by atoms with Gasteiger partial charge in [0.25, 0.3) is 0 Å². The Morgan fingerprint density at radius 1 is 1.07 bits per heavy atom. The van der Waals surface area contributed by atoms with E-state index in [1.54, 1.807) is 25.1 Å². The molecule has 2 aromatic carbocycles. The largest absolute Gasteiger partial charge is 0.445 e. The minimum Gasteiger partial charge on any atom is -0.445 e. The molecule has 2 amide bonds. The number of rotatable bonds is 9. The van der Waals surface area contributed by atoms with Crippen molar-refractivity contribution in [2.45, 2.75) is 46.3 Å². The summed E-state index contributed by atoms with van der Waals surface area (Å²) < 4.78 is 5.99. The van der Waals surface area contributed by atoms with Gasteiger partial charge < -0.3 is 15.4 Å². The Morgan fingerprint density at radius 2 is 1.77 bits per heavy atom. The fourth-order valence-electron chi connectivity index (χ4n) is 2.88. The molecule has 1 atom stereocenters. The molecule has 1 unspecified atom stereocenters. The van der Waals surface area contributed by atoms with Crippen LogP contribution in [-0.4, -0.2) is 23.8 Å². The summed E-state index contributed by atoms with van der Waals surface area (Å²) in [5.41, 5.74) is 1.70. The molecule has 30 heavy (non-hydrogen) atoms. The van der Waals surface area contributed by atoms with Gasteiger partial charge in [0, 0.05) is 16.5 Å². The first-order valence-corrected chi connectivity index (χ1v) is 10.7. The number of ketones is 1. The molecular formula is C23H27BrN2O4. The second-order valence-corrected chi connectivity index (χ2v) is 8.26. The number of anilines is 1. The van der Waals surface area contributed by atoms with Crippen LogP contribution in [0.25, 0.3) is 0 Å². The monoisotopic (exact) mass is 474 g/mol. The van der Waals surface area contributed by atoms with Gasteiger partial charge in [-0.3, -0.25) is 9.59 Å². The summed E-state index contributed by atoms with van der Waals surface area (Å²) in [6, 6.07) is 13.6. The number of halogens is 1. The third-order valence-corrected chi connectivity index (χ3v) is 4.88. The molecule has 0 radical (unpaired) electrons. The minimum atomic E-state index is -0.790. The van der Waals surface area contributed by atoms with Crippen LogP contribution in [0.4, 0.5) is 10.5 Å². The van der Waals surface area contributed by atoms with E-state index < -0.39 is 18.0 Å². The van der Waals surface area contributed by atoms with Gasteiger partial charge in [-0.1, -0.05) is 67.0 Å². The predicted octanol–water partition coefficient (Wildman–Crippen LogP) is 5.32. The van der Waals surface area contributed by atoms with Crippen LogP contribution in [0.15, 0.2) is 53.0 Å². The first-order chi connectivity index (χ1) is 14.3. The van der Waals surface area contributed by atoms with Crippen LogP contribution in [-0.2, 0) is 16.1 Å². The fraction of sp³-hybridized carbons (Fsp3) is 0.348. The zero-order chi connectivity index (χ0) is 22.1. The molecule has 0 aliphatic heterocycles. The maximum absolute atomic E-state index is 12.9. The number of Topliss-reactive ketones (excluding diaryl/α,β-unsaturated/α-hetero) is 1. The SMILES string of the molecule is CCC(=O)c1cc(Br)ccc1NC(=O)C(CC(C)C)NC(=O)OCc1ccccc1. The highest BCUT2D eigenvalue weighted by Gasteiger charge is 2.24. The van der Waals surface area contributed by atoms with Gasteiger partial charge in [0.1, 0.15) is 12.6 Å². The molecule has 0 aromatic heterocycles. The Morgan fingerprint density at radius 3 is 2.40 bits per heavy atom. The molecule has 2 rings (SSSR count). The molecule has 0 heterocycles. The van der Waals surface area contributed by atoms with E-state index in [-0.39, 0.29) is 18.3 Å². The van der Waals surface area contributed by atoms with Crippen LogP contribution in [0.1, 0.15) is 49.5 Å². The Bertz CT molecular complexity index is 884. The maximum atomic E-state index is 12.9. The van der Waals surface area contributed by atoms with E-state index in [0.717, 1.165) is 10.0 Å². The van der Waals surface area contributed by atoms with Crippen LogP contribution in [0.3, 0.4) is 0 Å². The van der Waals surface area contributed by atoms with Gasteiger partial charge >= 0.3 is 6.09 Å². The molecule has 2 N–H and O–H groups in total. The van der Waals surface area contributed by atoms with Crippen molar-refractivity contribution in [2.24, 2.45) is 5.92 Å². The minimum absolute atomic E-state index is 0.0813. The van der Waals surface area contributed by atoms with Gasteiger partial charge in [-0.25, -0.2) is 4.79 Å². The van der Waals surface area contributed by atoms with Crippen LogP contribution in [0.5, 0.6) is 0 Å². The molecule has 0 bridgehead atoms. The highest BCUT2D eigenvalue weighted by atomic mass is 79.9. The Hall–Kier alpha value is -2.67. The zero-order valence-electron chi connectivity index (χ0n) is 17.4. The van der Waals surface area contributed by atoms with Crippen molar-refractivity contribution in [3.63, 3.8) is 0 Å². The summed E-state index contributed by atoms with van der Waals surface area (Å²) in [6.45, 7) is 5.80. The molecule has 0 fully saturated rings. The van der Waals surface area contributed by atoms with Crippen molar-refractivity contribution >= 4 is 39.4 Å². The zero-order valence-corrected chi connectivity index (χ0v) is 19.0. The van der Waals surface area contributed by atoms with E-state index in [9.17, 15) is 14.4 Å². The van der Waals surface area contributed by atoms with Crippen LogP contribution in [0.2, 0.25) is 0 Å². The van der Waals surface area contributed by atoms with Crippen molar-refractivity contribution in [1.82, 2.24) is 5.32 Å². The predicted molar refractivity (Wildman–Crippen MR) is 120 cm³/mol. The number of alkyl carbamates (subject to hydrolysis) is 1. The molecule has 160 valence electrons. The van der Waals surface area contributed by atoms with E-state index in [2.05, 4.69) is 26.6 Å². The van der Waals surface area contributed by atoms with Gasteiger partial charge in [-0.15, -0.1) is 0 Å². The molecule has 0 saturated carbocycles. The van der Waals surface area contributed by atoms with Crippen LogP contribution >= 0.6 is 15.9 Å². The summed E-state index contributed by atoms with van der Waals surface area (Å²) in [5, 5.41) is 5.43. The number of hydrogen-bond donors (Lipinski definition) is 2. The van der Waals surface area contributed by atoms with E-state index >= 15 is 0 Å². The van der Waals surface area contributed by atoms with E-state index in [4.69, 9.17) is 4.74 Å². The Kier molecular flexibility index (Phi) is 9.05. The Labute approximate surface area is 185 Å². The molecule has 7 heteroatoms. The molecular weight excluding hydrogens is 448 g/mol. The summed E-state index contributed by atoms with van der Waals surface area (Å²) in [7, 11) is 0. The first-order valence-electron chi connectivity index (χ1n) is 9.91. The summed E-state index contributed by atoms with van der Waals surface area (Å²) in [5.74, 6) is -0.313. The lowest BCUT2D eigenvalue weighted by Gasteiger charge is -2.21. The second kappa shape index (κ2) is 11.5. The number of hydrogen-bond acceptors (Lipinski definition) is 4. The van der Waals surface area contributed by atoms with Crippen molar-refractivity contribution in [2.75, 3.05) is 5.32 Å². The van der Waals surface area contributed by atoms with Gasteiger partial charge in [-0.2, -0.15) is 0 Å². The lowest BCUT2D eigenvalue weighted by Crippen LogP contribution is -2.44. The van der Waals surface area contributed by atoms with Crippen molar-refractivity contribution in [1.29, 1.82) is 0 Å². The third-order valence-electron chi connectivity index (χ3n) is 4.39. The third kappa shape index (κ3) is 7.30. The average molecular weight is 475 g/mol. The smallest absolute Gasteiger partial charge is 0.408 e. The van der Waals surface area contributed by atoms with Crippen LogP contribution < -0.4 is 10.6 Å². The summed E-state index contributed by atoms with van der Waals surface area (Å²) in [6.07, 6.45) is 0.0823. The quantitative estimate of drug-likeness (QED) is 0.481. The van der Waals surface area contributed by atoms with E-state index in [1.807, 2.05) is 44.2 Å². The number of nitrogens with one attached hydrogen (secondary N) is 2. The molecule has 6 nitrogen and oxygen atoms in total. The molecule has 0 aliphatic rings. The second-order valence-electron chi connectivity index (χ2n) is 7.34. The van der Waals surface area contributed by atoms with Crippen molar-refractivity contribution in [3.8, 4) is 0 Å². The molecule has 0 spiro atoms. The van der Waals surface area contributed by atoms with Gasteiger partial charge in [0.05, 0.1) is 5.69 Å². The average Bonchev–Trinajstić information content (AvgIpc) is 2.72. The molecule has 0 saturated heterocycles. The van der Waals surface area contributed by atoms with Gasteiger partial charge in [0.15, 0.2) is 5.78 Å². The molecule has 2 aromatic rings. The number of carbonyl (C=O) groups is 3. The normalized spacial score (nSPS) is 11.6. The highest BCUT2D eigenvalue weighted by molar-refractivity contribution is 9.10. The van der Waals surface area contributed by atoms with E-state index in [0.29, 0.717) is 24.1 Å². The Balaban J connectivity index is 2.08. The lowest BCUT2D eigenvalue weighted by molar-refractivity contribution is -0.118. The molecule has 0 aliphatic carbocycles. The number of amides is 2. The first kappa shape index (κ1) is 23.6. The maximum Gasteiger partial charge on any atom is 0.408 e. The van der Waals surface area contributed by atoms with Gasteiger partial charge in [-0.05, 0) is 36.1 Å². The fourth-order valence-corrected chi connectivity index (χ4v) is 3.24. The van der Waals surface area contributed by atoms with Crippen LogP contribution in [0, 0.1) is 5.92 Å². The summed E-state index contributed by atoms with van der Waals surface area (Å²) >= 11 is 3.35. The van der Waals surface area contributed by atoms with Gasteiger partial charge in [0.2, 0.25) is 5.91 Å². The summed E-state index contributed by atoms with van der Waals surface area (Å²) in [4.78, 5) is 37.4. The van der Waals surface area contributed by atoms with Crippen molar-refractivity contribution in [3.05, 3.63) is 64.1 Å². The number of carbonyl (C=O) groups excluding carboxylic acids is 3. The van der Waals surface area contributed by atoms with Crippen molar-refractivity contribution < 1.29 is 19.1 Å². The number of benzene rings is 2. The lowest BCUT2D eigenvalue weighted by atomic mass is 10.0. The van der Waals surface area contributed by atoms with E-state index in [1.165, 1.54) is 0 Å². The number of ether oxygens (including phenoxy) is 1. The standard InChI is InChI=1S/C23H27BrN2O4/c1-4-21(27)18-13-17(24)10-11-19(18)25-22(28)20(12-15(2)3)26-23(29)30-14-16-8-6-5-7-9-16/h5-11,13,15,20H,4,12,14H2,1-3H3,(H,25,28)(H,26,29). The highest BCUT2D eigenvalue weighted by Crippen LogP contribution is 2.23. The topological polar surface area (TPSA) is 84.5 Å².